The summed E-state index contributed by atoms with van der Waals surface area (Å²) in [6, 6.07) is 1.80. The number of nitrogens with zero attached hydrogens (tertiary/aromatic N) is 1. The highest BCUT2D eigenvalue weighted by atomic mass is 16.5. The van der Waals surface area contributed by atoms with E-state index in [9.17, 15) is 4.79 Å². The van der Waals surface area contributed by atoms with Crippen molar-refractivity contribution in [1.29, 1.82) is 0 Å². The first kappa shape index (κ1) is 10.7. The van der Waals surface area contributed by atoms with Crippen molar-refractivity contribution in [2.75, 3.05) is 6.61 Å². The van der Waals surface area contributed by atoms with Crippen LogP contribution in [0, 0.1) is 6.92 Å². The van der Waals surface area contributed by atoms with Gasteiger partial charge in [0.2, 0.25) is 5.88 Å². The van der Waals surface area contributed by atoms with Gasteiger partial charge in [-0.3, -0.25) is 4.79 Å². The van der Waals surface area contributed by atoms with Crippen LogP contribution in [0.3, 0.4) is 0 Å². The number of hydrogen-bond acceptors (Lipinski definition) is 3. The topological polar surface area (TPSA) is 39.2 Å². The molecule has 1 heterocycles. The minimum Gasteiger partial charge on any atom is -0.478 e. The summed E-state index contributed by atoms with van der Waals surface area (Å²) in [7, 11) is 0. The van der Waals surface area contributed by atoms with Gasteiger partial charge in [0.1, 0.15) is 0 Å². The largest absolute Gasteiger partial charge is 0.478 e. The van der Waals surface area contributed by atoms with Gasteiger partial charge < -0.3 is 4.74 Å². The predicted octanol–water partition coefficient (Wildman–Crippen LogP) is 2.38. The minimum absolute atomic E-state index is 0.123. The fourth-order valence-corrected chi connectivity index (χ4v) is 1.24. The predicted molar refractivity (Wildman–Crippen MR) is 54.8 cm³/mol. The molecule has 3 heteroatoms. The summed E-state index contributed by atoms with van der Waals surface area (Å²) in [5.41, 5.74) is 1.62. The summed E-state index contributed by atoms with van der Waals surface area (Å²) in [6.45, 7) is 6.24. The van der Waals surface area contributed by atoms with Crippen LogP contribution in [-0.4, -0.2) is 17.4 Å². The first-order chi connectivity index (χ1) is 6.69. The first-order valence-electron chi connectivity index (χ1n) is 4.81. The van der Waals surface area contributed by atoms with E-state index in [0.29, 0.717) is 24.5 Å². The van der Waals surface area contributed by atoms with Crippen LogP contribution in [0.15, 0.2) is 12.3 Å². The maximum Gasteiger partial charge on any atom is 0.213 e. The number of aromatic nitrogens is 1. The molecule has 1 aromatic heterocycles. The molecule has 0 spiro atoms. The molecule has 0 N–H and O–H groups in total. The Morgan fingerprint density at radius 1 is 1.50 bits per heavy atom. The number of aryl methyl sites for hydroxylation is 1. The van der Waals surface area contributed by atoms with Crippen molar-refractivity contribution in [3.63, 3.8) is 0 Å². The summed E-state index contributed by atoms with van der Waals surface area (Å²) < 4.78 is 5.23. The molecule has 1 aromatic rings. The fraction of sp³-hybridized carbons (Fsp3) is 0.455. The molecule has 0 bridgehead atoms. The highest BCUT2D eigenvalue weighted by molar-refractivity contribution is 5.96. The maximum absolute atomic E-state index is 11.4. The van der Waals surface area contributed by atoms with E-state index in [0.717, 1.165) is 5.56 Å². The molecule has 0 amide bonds. The Bertz CT molecular complexity index is 334. The number of hydrogen-bond donors (Lipinski definition) is 0. The summed E-state index contributed by atoms with van der Waals surface area (Å²) in [4.78, 5) is 15.5. The molecule has 0 aliphatic heterocycles. The summed E-state index contributed by atoms with van der Waals surface area (Å²) in [6.07, 6.45) is 2.10. The molecule has 0 radical (unpaired) electrons. The second-order valence-electron chi connectivity index (χ2n) is 3.05. The molecule has 0 unspecified atom stereocenters. The van der Waals surface area contributed by atoms with E-state index in [4.69, 9.17) is 4.74 Å². The van der Waals surface area contributed by atoms with E-state index in [1.807, 2.05) is 20.8 Å². The van der Waals surface area contributed by atoms with Crippen LogP contribution in [0.25, 0.3) is 0 Å². The molecule has 0 aliphatic carbocycles. The lowest BCUT2D eigenvalue weighted by molar-refractivity contribution is 0.0987. The van der Waals surface area contributed by atoms with E-state index in [1.54, 1.807) is 12.3 Å². The second kappa shape index (κ2) is 4.74. The standard InChI is InChI=1S/C11H15NO2/c1-4-10(13)9-7-12-11(14-5-2)6-8(9)3/h6-7H,4-5H2,1-3H3. The fourth-order valence-electron chi connectivity index (χ4n) is 1.24. The third-order valence-corrected chi connectivity index (χ3v) is 2.00. The van der Waals surface area contributed by atoms with Crippen LogP contribution < -0.4 is 4.74 Å². The summed E-state index contributed by atoms with van der Waals surface area (Å²) in [5.74, 6) is 0.704. The van der Waals surface area contributed by atoms with Crippen molar-refractivity contribution in [1.82, 2.24) is 4.98 Å². The molecule has 0 aromatic carbocycles. The molecular formula is C11H15NO2. The number of Topliss-reactive ketones (excluding diaryl/α,β-unsaturated/α-hetero) is 1. The molecule has 0 saturated heterocycles. The summed E-state index contributed by atoms with van der Waals surface area (Å²) in [5, 5.41) is 0. The van der Waals surface area contributed by atoms with Gasteiger partial charge in [0.15, 0.2) is 5.78 Å². The van der Waals surface area contributed by atoms with Gasteiger partial charge in [-0.25, -0.2) is 4.98 Å². The zero-order valence-electron chi connectivity index (χ0n) is 8.83. The van der Waals surface area contributed by atoms with Crippen LogP contribution in [0.1, 0.15) is 36.2 Å². The Morgan fingerprint density at radius 2 is 2.21 bits per heavy atom. The third-order valence-electron chi connectivity index (χ3n) is 2.00. The van der Waals surface area contributed by atoms with E-state index in [1.165, 1.54) is 0 Å². The Labute approximate surface area is 84.1 Å². The molecule has 76 valence electrons. The monoisotopic (exact) mass is 193 g/mol. The normalized spacial score (nSPS) is 9.93. The Kier molecular flexibility index (Phi) is 3.63. The van der Waals surface area contributed by atoms with Gasteiger partial charge in [-0.1, -0.05) is 6.92 Å². The highest BCUT2D eigenvalue weighted by Crippen LogP contribution is 2.15. The number of ether oxygens (including phenoxy) is 1. The quantitative estimate of drug-likeness (QED) is 0.689. The zero-order valence-corrected chi connectivity index (χ0v) is 8.83. The van der Waals surface area contributed by atoms with Gasteiger partial charge in [-0.05, 0) is 19.4 Å². The van der Waals surface area contributed by atoms with E-state index < -0.39 is 0 Å². The molecule has 0 aliphatic rings. The van der Waals surface area contributed by atoms with Crippen LogP contribution in [-0.2, 0) is 0 Å². The van der Waals surface area contributed by atoms with Crippen LogP contribution >= 0.6 is 0 Å². The average molecular weight is 193 g/mol. The van der Waals surface area contributed by atoms with Crippen LogP contribution in [0.5, 0.6) is 5.88 Å². The van der Waals surface area contributed by atoms with Crippen molar-refractivity contribution in [2.24, 2.45) is 0 Å². The van der Waals surface area contributed by atoms with Gasteiger partial charge in [-0.2, -0.15) is 0 Å². The molecule has 1 rings (SSSR count). The van der Waals surface area contributed by atoms with E-state index in [2.05, 4.69) is 4.98 Å². The number of pyridine rings is 1. The van der Waals surface area contributed by atoms with E-state index >= 15 is 0 Å². The summed E-state index contributed by atoms with van der Waals surface area (Å²) >= 11 is 0. The van der Waals surface area contributed by atoms with Crippen molar-refractivity contribution >= 4 is 5.78 Å². The molecule has 0 saturated carbocycles. The van der Waals surface area contributed by atoms with Gasteiger partial charge >= 0.3 is 0 Å². The first-order valence-corrected chi connectivity index (χ1v) is 4.81. The van der Waals surface area contributed by atoms with Crippen LogP contribution in [0.2, 0.25) is 0 Å². The van der Waals surface area contributed by atoms with Crippen LogP contribution in [0.4, 0.5) is 0 Å². The van der Waals surface area contributed by atoms with Crippen molar-refractivity contribution in [3.05, 3.63) is 23.4 Å². The highest BCUT2D eigenvalue weighted by Gasteiger charge is 2.08. The Balaban J connectivity index is 2.95. The second-order valence-corrected chi connectivity index (χ2v) is 3.05. The lowest BCUT2D eigenvalue weighted by atomic mass is 10.1. The van der Waals surface area contributed by atoms with Gasteiger partial charge in [0, 0.05) is 24.2 Å². The molecule has 3 nitrogen and oxygen atoms in total. The maximum atomic E-state index is 11.4. The average Bonchev–Trinajstić information content (AvgIpc) is 2.17. The van der Waals surface area contributed by atoms with Gasteiger partial charge in [-0.15, -0.1) is 0 Å². The van der Waals surface area contributed by atoms with Gasteiger partial charge in [0.05, 0.1) is 6.61 Å². The minimum atomic E-state index is 0.123. The smallest absolute Gasteiger partial charge is 0.213 e. The SMILES string of the molecule is CCOc1cc(C)c(C(=O)CC)cn1. The van der Waals surface area contributed by atoms with Gasteiger partial charge in [0.25, 0.3) is 0 Å². The van der Waals surface area contributed by atoms with E-state index in [-0.39, 0.29) is 5.78 Å². The molecule has 0 fully saturated rings. The number of rotatable bonds is 4. The Hall–Kier alpha value is -1.38. The third kappa shape index (κ3) is 2.31. The number of carbonyl (C=O) groups is 1. The Morgan fingerprint density at radius 3 is 2.71 bits per heavy atom. The number of ketones is 1. The molecule has 14 heavy (non-hydrogen) atoms. The molecule has 0 atom stereocenters. The lowest BCUT2D eigenvalue weighted by Gasteiger charge is -2.06. The van der Waals surface area contributed by atoms with Crippen molar-refractivity contribution < 1.29 is 9.53 Å². The molecular weight excluding hydrogens is 178 g/mol. The van der Waals surface area contributed by atoms with Crippen molar-refractivity contribution in [3.8, 4) is 5.88 Å². The lowest BCUT2D eigenvalue weighted by Crippen LogP contribution is -2.02. The number of carbonyl (C=O) groups excluding carboxylic acids is 1. The zero-order chi connectivity index (χ0) is 10.6. The van der Waals surface area contributed by atoms with Crippen molar-refractivity contribution in [2.45, 2.75) is 27.2 Å².